The Labute approximate surface area is 176 Å². The number of rotatable bonds is 4. The summed E-state index contributed by atoms with van der Waals surface area (Å²) in [7, 11) is 0. The third kappa shape index (κ3) is 3.11. The molecule has 7 heteroatoms. The summed E-state index contributed by atoms with van der Waals surface area (Å²) >= 11 is 0. The fourth-order valence-corrected chi connectivity index (χ4v) is 5.71. The van der Waals surface area contributed by atoms with Crippen molar-refractivity contribution in [2.75, 3.05) is 26.2 Å². The first kappa shape index (κ1) is 19.5. The highest BCUT2D eigenvalue weighted by molar-refractivity contribution is 5.85. The van der Waals surface area contributed by atoms with Crippen molar-refractivity contribution in [1.29, 1.82) is 0 Å². The quantitative estimate of drug-likeness (QED) is 0.761. The van der Waals surface area contributed by atoms with Crippen molar-refractivity contribution in [3.05, 3.63) is 35.9 Å². The van der Waals surface area contributed by atoms with Gasteiger partial charge in [0.25, 0.3) is 0 Å². The Morgan fingerprint density at radius 2 is 1.90 bits per heavy atom. The normalized spacial score (nSPS) is 31.1. The molecule has 160 valence electrons. The van der Waals surface area contributed by atoms with Crippen molar-refractivity contribution in [3.8, 4) is 0 Å². The van der Waals surface area contributed by atoms with Gasteiger partial charge in [0.2, 0.25) is 17.7 Å². The van der Waals surface area contributed by atoms with Crippen LogP contribution in [-0.4, -0.2) is 70.4 Å². The van der Waals surface area contributed by atoms with Gasteiger partial charge in [-0.15, -0.1) is 0 Å². The monoisotopic (exact) mass is 411 g/mol. The Morgan fingerprint density at radius 3 is 2.73 bits per heavy atom. The highest BCUT2D eigenvalue weighted by atomic mass is 16.5. The Balaban J connectivity index is 1.28. The van der Waals surface area contributed by atoms with E-state index in [1.54, 1.807) is 0 Å². The molecule has 4 aliphatic heterocycles. The molecule has 1 spiro atoms. The van der Waals surface area contributed by atoms with E-state index >= 15 is 0 Å². The van der Waals surface area contributed by atoms with E-state index in [0.717, 1.165) is 31.4 Å². The van der Waals surface area contributed by atoms with Gasteiger partial charge < -0.3 is 19.4 Å². The number of amides is 3. The van der Waals surface area contributed by atoms with Crippen LogP contribution in [0.4, 0.5) is 0 Å². The average Bonchev–Trinajstić information content (AvgIpc) is 3.33. The van der Waals surface area contributed by atoms with Crippen molar-refractivity contribution in [2.45, 2.75) is 62.8 Å². The minimum absolute atomic E-state index is 0.0235. The van der Waals surface area contributed by atoms with Crippen LogP contribution in [0, 0.1) is 0 Å². The molecule has 3 atom stereocenters. The molecule has 1 aromatic rings. The predicted octanol–water partition coefficient (Wildman–Crippen LogP) is 2.08. The lowest BCUT2D eigenvalue weighted by molar-refractivity contribution is -0.142. The standard InChI is InChI=1S/C23H29N3O4/c27-20-9-5-2-6-12-24(20)13-10-21(28)25-14-11-23-19(25)15-22(29)26(23)18(16-30-23)17-7-3-1-4-8-17/h1,3-4,7-8,18-19H,2,5-6,9-16H2/t18-,19+,23-/m0/s1. The SMILES string of the molecule is O=C1CCCCCN1CCC(=O)N1CC[C@@]23OC[C@@H](c4ccccc4)N2C(=O)C[C@@H]13. The summed E-state index contributed by atoms with van der Waals surface area (Å²) in [6, 6.07) is 9.67. The van der Waals surface area contributed by atoms with Gasteiger partial charge >= 0.3 is 0 Å². The molecule has 0 unspecified atom stereocenters. The van der Waals surface area contributed by atoms with Crippen molar-refractivity contribution in [2.24, 2.45) is 0 Å². The zero-order chi connectivity index (χ0) is 20.7. The zero-order valence-corrected chi connectivity index (χ0v) is 17.3. The van der Waals surface area contributed by atoms with Crippen LogP contribution in [0.5, 0.6) is 0 Å². The lowest BCUT2D eigenvalue weighted by atomic mass is 10.0. The molecule has 7 nitrogen and oxygen atoms in total. The van der Waals surface area contributed by atoms with Crippen LogP contribution in [0.1, 0.15) is 56.6 Å². The number of likely N-dealkylation sites (tertiary alicyclic amines) is 2. The molecule has 0 aromatic heterocycles. The highest BCUT2D eigenvalue weighted by Crippen LogP contribution is 2.51. The zero-order valence-electron chi connectivity index (χ0n) is 17.3. The van der Waals surface area contributed by atoms with Gasteiger partial charge in [0.15, 0.2) is 5.72 Å². The second kappa shape index (κ2) is 7.69. The van der Waals surface area contributed by atoms with E-state index in [9.17, 15) is 14.4 Å². The van der Waals surface area contributed by atoms with E-state index < -0.39 is 5.72 Å². The van der Waals surface area contributed by atoms with Gasteiger partial charge in [-0.25, -0.2) is 0 Å². The van der Waals surface area contributed by atoms with Gasteiger partial charge in [0.05, 0.1) is 25.1 Å². The fourth-order valence-electron chi connectivity index (χ4n) is 5.71. The molecule has 30 heavy (non-hydrogen) atoms. The summed E-state index contributed by atoms with van der Waals surface area (Å²) in [5.41, 5.74) is 0.388. The Morgan fingerprint density at radius 1 is 1.07 bits per heavy atom. The van der Waals surface area contributed by atoms with Gasteiger partial charge in [-0.2, -0.15) is 0 Å². The Kier molecular flexibility index (Phi) is 5.01. The van der Waals surface area contributed by atoms with Crippen LogP contribution in [0.2, 0.25) is 0 Å². The lowest BCUT2D eigenvalue weighted by Crippen LogP contribution is -2.49. The van der Waals surface area contributed by atoms with Gasteiger partial charge in [-0.1, -0.05) is 36.8 Å². The second-order valence-electron chi connectivity index (χ2n) is 8.84. The average molecular weight is 412 g/mol. The van der Waals surface area contributed by atoms with E-state index in [0.29, 0.717) is 45.4 Å². The smallest absolute Gasteiger partial charge is 0.227 e. The predicted molar refractivity (Wildman–Crippen MR) is 109 cm³/mol. The first-order valence-electron chi connectivity index (χ1n) is 11.2. The largest absolute Gasteiger partial charge is 0.351 e. The topological polar surface area (TPSA) is 70.2 Å². The van der Waals surface area contributed by atoms with E-state index in [2.05, 4.69) is 0 Å². The minimum atomic E-state index is -0.689. The number of carbonyl (C=O) groups is 3. The molecule has 4 heterocycles. The van der Waals surface area contributed by atoms with Crippen molar-refractivity contribution in [1.82, 2.24) is 14.7 Å². The lowest BCUT2D eigenvalue weighted by Gasteiger charge is -2.33. The molecule has 3 amide bonds. The van der Waals surface area contributed by atoms with Crippen molar-refractivity contribution in [3.63, 3.8) is 0 Å². The summed E-state index contributed by atoms with van der Waals surface area (Å²) < 4.78 is 6.28. The van der Waals surface area contributed by atoms with Crippen LogP contribution < -0.4 is 0 Å². The van der Waals surface area contributed by atoms with Gasteiger partial charge in [-0.3, -0.25) is 14.4 Å². The van der Waals surface area contributed by atoms with Gasteiger partial charge in [0.1, 0.15) is 0 Å². The molecule has 5 rings (SSSR count). The molecule has 4 saturated heterocycles. The first-order valence-corrected chi connectivity index (χ1v) is 11.2. The first-order chi connectivity index (χ1) is 14.6. The molecular weight excluding hydrogens is 382 g/mol. The molecule has 0 saturated carbocycles. The van der Waals surface area contributed by atoms with Crippen LogP contribution in [0.15, 0.2) is 30.3 Å². The van der Waals surface area contributed by atoms with Crippen LogP contribution in [-0.2, 0) is 19.1 Å². The van der Waals surface area contributed by atoms with E-state index in [4.69, 9.17) is 4.74 Å². The Hall–Kier alpha value is -2.41. The van der Waals surface area contributed by atoms with Crippen molar-refractivity contribution >= 4 is 17.7 Å². The summed E-state index contributed by atoms with van der Waals surface area (Å²) in [5.74, 6) is 0.243. The van der Waals surface area contributed by atoms with E-state index in [1.807, 2.05) is 45.0 Å². The number of carbonyl (C=O) groups excluding carboxylic acids is 3. The molecule has 0 bridgehead atoms. The molecule has 0 aliphatic carbocycles. The molecule has 4 fully saturated rings. The molecular formula is C23H29N3O4. The van der Waals surface area contributed by atoms with E-state index in [1.165, 1.54) is 0 Å². The second-order valence-corrected chi connectivity index (χ2v) is 8.84. The number of benzene rings is 1. The molecule has 1 aromatic carbocycles. The maximum atomic E-state index is 13.1. The fraction of sp³-hybridized carbons (Fsp3) is 0.609. The van der Waals surface area contributed by atoms with E-state index in [-0.39, 0.29) is 29.8 Å². The number of nitrogens with zero attached hydrogens (tertiary/aromatic N) is 3. The minimum Gasteiger partial charge on any atom is -0.351 e. The maximum absolute atomic E-state index is 13.1. The molecule has 4 aliphatic rings. The third-order valence-electron chi connectivity index (χ3n) is 7.23. The maximum Gasteiger partial charge on any atom is 0.227 e. The third-order valence-corrected chi connectivity index (χ3v) is 7.23. The van der Waals surface area contributed by atoms with Gasteiger partial charge in [-0.05, 0) is 18.4 Å². The molecule has 0 radical (unpaired) electrons. The number of hydrogen-bond donors (Lipinski definition) is 0. The number of hydrogen-bond acceptors (Lipinski definition) is 4. The Bertz CT molecular complexity index is 844. The summed E-state index contributed by atoms with van der Waals surface area (Å²) in [5, 5.41) is 0. The molecule has 0 N–H and O–H groups in total. The summed E-state index contributed by atoms with van der Waals surface area (Å²) in [4.78, 5) is 43.8. The summed E-state index contributed by atoms with van der Waals surface area (Å²) in [6.45, 7) is 2.28. The van der Waals surface area contributed by atoms with Gasteiger partial charge in [0, 0.05) is 38.9 Å². The number of ether oxygens (including phenoxy) is 1. The van der Waals surface area contributed by atoms with Crippen molar-refractivity contribution < 1.29 is 19.1 Å². The summed E-state index contributed by atoms with van der Waals surface area (Å²) in [6.07, 6.45) is 4.89. The van der Waals surface area contributed by atoms with Crippen LogP contribution in [0.25, 0.3) is 0 Å². The highest BCUT2D eigenvalue weighted by Gasteiger charge is 2.65. The van der Waals surface area contributed by atoms with Crippen LogP contribution >= 0.6 is 0 Å². The van der Waals surface area contributed by atoms with Crippen LogP contribution in [0.3, 0.4) is 0 Å².